The average molecular weight is 398 g/mol. The van der Waals surface area contributed by atoms with Crippen LogP contribution < -0.4 is 0 Å². The highest BCUT2D eigenvalue weighted by Gasteiger charge is 2.23. The molecule has 152 valence electrons. The van der Waals surface area contributed by atoms with Crippen molar-refractivity contribution in [3.63, 3.8) is 0 Å². The highest BCUT2D eigenvalue weighted by molar-refractivity contribution is 5.94. The SMILES string of the molecule is Cc1cccc(C(=O)N2CCCN(Cc3nc4ccccc4n3C(F)F)CC2)c1. The largest absolute Gasteiger partial charge is 0.337 e. The first-order valence-electron chi connectivity index (χ1n) is 9.85. The first-order chi connectivity index (χ1) is 14.0. The fourth-order valence-electron chi connectivity index (χ4n) is 3.92. The third-order valence-electron chi connectivity index (χ3n) is 5.37. The maximum Gasteiger partial charge on any atom is 0.320 e. The van der Waals surface area contributed by atoms with Gasteiger partial charge in [-0.1, -0.05) is 29.8 Å². The summed E-state index contributed by atoms with van der Waals surface area (Å²) in [7, 11) is 0. The summed E-state index contributed by atoms with van der Waals surface area (Å²) >= 11 is 0. The fourth-order valence-corrected chi connectivity index (χ4v) is 3.92. The average Bonchev–Trinajstić information content (AvgIpc) is 2.91. The van der Waals surface area contributed by atoms with Crippen LogP contribution in [-0.2, 0) is 6.54 Å². The Bertz CT molecular complexity index is 1020. The highest BCUT2D eigenvalue weighted by Crippen LogP contribution is 2.24. The number of alkyl halides is 2. The molecule has 0 atom stereocenters. The minimum atomic E-state index is -2.64. The lowest BCUT2D eigenvalue weighted by molar-refractivity contribution is 0.0683. The summed E-state index contributed by atoms with van der Waals surface area (Å²) in [5.41, 5.74) is 2.77. The van der Waals surface area contributed by atoms with E-state index in [9.17, 15) is 13.6 Å². The van der Waals surface area contributed by atoms with Gasteiger partial charge in [-0.2, -0.15) is 8.78 Å². The minimum Gasteiger partial charge on any atom is -0.337 e. The zero-order chi connectivity index (χ0) is 20.4. The van der Waals surface area contributed by atoms with E-state index in [1.165, 1.54) is 0 Å². The smallest absolute Gasteiger partial charge is 0.320 e. The van der Waals surface area contributed by atoms with Crippen molar-refractivity contribution in [2.45, 2.75) is 26.4 Å². The van der Waals surface area contributed by atoms with Crippen molar-refractivity contribution >= 4 is 16.9 Å². The second-order valence-electron chi connectivity index (χ2n) is 7.46. The van der Waals surface area contributed by atoms with Gasteiger partial charge in [0, 0.05) is 31.7 Å². The lowest BCUT2D eigenvalue weighted by Gasteiger charge is -2.22. The standard InChI is InChI=1S/C22H24F2N4O/c1-16-6-4-7-17(14-16)21(29)27-11-5-10-26(12-13-27)15-20-25-18-8-2-3-9-19(18)28(20)22(23)24/h2-4,6-9,14,22H,5,10-13,15H2,1H3. The van der Waals surface area contributed by atoms with Gasteiger partial charge in [-0.15, -0.1) is 0 Å². The number of benzene rings is 2. The topological polar surface area (TPSA) is 41.4 Å². The molecule has 1 aromatic heterocycles. The lowest BCUT2D eigenvalue weighted by atomic mass is 10.1. The summed E-state index contributed by atoms with van der Waals surface area (Å²) in [5, 5.41) is 0. The van der Waals surface area contributed by atoms with E-state index in [0.29, 0.717) is 48.6 Å². The normalized spacial score (nSPS) is 15.8. The molecular weight excluding hydrogens is 374 g/mol. The van der Waals surface area contributed by atoms with E-state index in [4.69, 9.17) is 0 Å². The molecule has 1 fully saturated rings. The number of aromatic nitrogens is 2. The van der Waals surface area contributed by atoms with Gasteiger partial charge < -0.3 is 4.90 Å². The van der Waals surface area contributed by atoms with Crippen LogP contribution in [0.15, 0.2) is 48.5 Å². The lowest BCUT2D eigenvalue weighted by Crippen LogP contribution is -2.35. The van der Waals surface area contributed by atoms with Crippen LogP contribution in [0.25, 0.3) is 11.0 Å². The molecule has 0 bridgehead atoms. The Hall–Kier alpha value is -2.80. The Morgan fingerprint density at radius 1 is 1.07 bits per heavy atom. The fraction of sp³-hybridized carbons (Fsp3) is 0.364. The molecule has 0 aliphatic carbocycles. The van der Waals surface area contributed by atoms with Gasteiger partial charge in [0.25, 0.3) is 5.91 Å². The third-order valence-corrected chi connectivity index (χ3v) is 5.37. The molecule has 0 saturated carbocycles. The van der Waals surface area contributed by atoms with Crippen LogP contribution in [0.4, 0.5) is 8.78 Å². The number of halogens is 2. The van der Waals surface area contributed by atoms with Gasteiger partial charge in [0.15, 0.2) is 0 Å². The first-order valence-corrected chi connectivity index (χ1v) is 9.85. The van der Waals surface area contributed by atoms with E-state index >= 15 is 0 Å². The summed E-state index contributed by atoms with van der Waals surface area (Å²) in [6.07, 6.45) is 0.798. The summed E-state index contributed by atoms with van der Waals surface area (Å²) in [6, 6.07) is 14.6. The number of aryl methyl sites for hydroxylation is 1. The Labute approximate surface area is 168 Å². The molecule has 4 rings (SSSR count). The number of imidazole rings is 1. The number of carbonyl (C=O) groups is 1. The number of para-hydroxylation sites is 2. The molecule has 1 saturated heterocycles. The number of nitrogens with zero attached hydrogens (tertiary/aromatic N) is 4. The van der Waals surface area contributed by atoms with Gasteiger partial charge in [0.05, 0.1) is 17.6 Å². The zero-order valence-electron chi connectivity index (χ0n) is 16.4. The number of hydrogen-bond donors (Lipinski definition) is 0. The molecule has 29 heavy (non-hydrogen) atoms. The molecule has 0 radical (unpaired) electrons. The van der Waals surface area contributed by atoms with Crippen LogP contribution in [0.2, 0.25) is 0 Å². The number of fused-ring (bicyclic) bond motifs is 1. The van der Waals surface area contributed by atoms with Gasteiger partial charge in [-0.25, -0.2) is 4.98 Å². The van der Waals surface area contributed by atoms with Crippen LogP contribution in [0, 0.1) is 6.92 Å². The van der Waals surface area contributed by atoms with E-state index in [2.05, 4.69) is 9.88 Å². The van der Waals surface area contributed by atoms with Crippen molar-refractivity contribution in [1.29, 1.82) is 0 Å². The predicted octanol–water partition coefficient (Wildman–Crippen LogP) is 4.09. The molecule has 5 nitrogen and oxygen atoms in total. The molecule has 0 spiro atoms. The monoisotopic (exact) mass is 398 g/mol. The summed E-state index contributed by atoms with van der Waals surface area (Å²) < 4.78 is 28.3. The van der Waals surface area contributed by atoms with Gasteiger partial charge in [0.1, 0.15) is 5.82 Å². The first kappa shape index (κ1) is 19.5. The quantitative estimate of drug-likeness (QED) is 0.665. The van der Waals surface area contributed by atoms with E-state index < -0.39 is 6.55 Å². The molecule has 0 unspecified atom stereocenters. The van der Waals surface area contributed by atoms with Crippen LogP contribution in [-0.4, -0.2) is 51.4 Å². The molecule has 1 amide bonds. The third kappa shape index (κ3) is 4.15. The summed E-state index contributed by atoms with van der Waals surface area (Å²) in [6.45, 7) is 2.27. The Kier molecular flexibility index (Phi) is 5.58. The van der Waals surface area contributed by atoms with Gasteiger partial charge in [-0.3, -0.25) is 14.3 Å². The van der Waals surface area contributed by atoms with Crippen LogP contribution in [0.3, 0.4) is 0 Å². The summed E-state index contributed by atoms with van der Waals surface area (Å²) in [4.78, 5) is 21.2. The van der Waals surface area contributed by atoms with Gasteiger partial charge >= 0.3 is 6.55 Å². The molecule has 2 aromatic carbocycles. The molecule has 1 aliphatic heterocycles. The second kappa shape index (κ2) is 8.29. The van der Waals surface area contributed by atoms with Crippen LogP contribution >= 0.6 is 0 Å². The zero-order valence-corrected chi connectivity index (χ0v) is 16.4. The van der Waals surface area contributed by atoms with Crippen molar-refractivity contribution < 1.29 is 13.6 Å². The molecule has 2 heterocycles. The minimum absolute atomic E-state index is 0.0235. The second-order valence-corrected chi connectivity index (χ2v) is 7.46. The van der Waals surface area contributed by atoms with Gasteiger partial charge in [-0.05, 0) is 37.6 Å². The van der Waals surface area contributed by atoms with E-state index in [-0.39, 0.29) is 5.91 Å². The Morgan fingerprint density at radius 2 is 1.90 bits per heavy atom. The number of amides is 1. The van der Waals surface area contributed by atoms with Crippen molar-refractivity contribution in [1.82, 2.24) is 19.4 Å². The molecule has 1 aliphatic rings. The predicted molar refractivity (Wildman–Crippen MR) is 108 cm³/mol. The maximum atomic E-state index is 13.7. The van der Waals surface area contributed by atoms with Crippen molar-refractivity contribution in [3.05, 3.63) is 65.5 Å². The molecular formula is C22H24F2N4O. The van der Waals surface area contributed by atoms with Crippen molar-refractivity contribution in [3.8, 4) is 0 Å². The van der Waals surface area contributed by atoms with Crippen molar-refractivity contribution in [2.24, 2.45) is 0 Å². The number of hydrogen-bond acceptors (Lipinski definition) is 3. The molecule has 0 N–H and O–H groups in total. The molecule has 7 heteroatoms. The highest BCUT2D eigenvalue weighted by atomic mass is 19.3. The summed E-state index contributed by atoms with van der Waals surface area (Å²) in [5.74, 6) is 0.384. The Balaban J connectivity index is 1.48. The number of rotatable bonds is 4. The van der Waals surface area contributed by atoms with E-state index in [1.807, 2.05) is 36.1 Å². The van der Waals surface area contributed by atoms with Crippen LogP contribution in [0.5, 0.6) is 0 Å². The van der Waals surface area contributed by atoms with E-state index in [0.717, 1.165) is 23.1 Å². The number of carbonyl (C=O) groups excluding carboxylic acids is 1. The van der Waals surface area contributed by atoms with Crippen LogP contribution in [0.1, 0.15) is 34.7 Å². The molecule has 3 aromatic rings. The van der Waals surface area contributed by atoms with E-state index in [1.54, 1.807) is 24.3 Å². The maximum absolute atomic E-state index is 13.7. The van der Waals surface area contributed by atoms with Gasteiger partial charge in [0.2, 0.25) is 0 Å². The van der Waals surface area contributed by atoms with Crippen molar-refractivity contribution in [2.75, 3.05) is 26.2 Å². The Morgan fingerprint density at radius 3 is 2.69 bits per heavy atom.